The van der Waals surface area contributed by atoms with E-state index < -0.39 is 47.0 Å². The maximum atomic E-state index is 13.5. The van der Waals surface area contributed by atoms with Crippen LogP contribution in [0.3, 0.4) is 0 Å². The second-order valence-corrected chi connectivity index (χ2v) is 12.9. The van der Waals surface area contributed by atoms with E-state index in [0.29, 0.717) is 12.1 Å². The number of nitrogens with one attached hydrogen (secondary N) is 3. The minimum Gasteiger partial charge on any atom is -0.345 e. The quantitative estimate of drug-likeness (QED) is 0.326. The fourth-order valence-corrected chi connectivity index (χ4v) is 5.20. The van der Waals surface area contributed by atoms with Gasteiger partial charge in [-0.25, -0.2) is 0 Å². The van der Waals surface area contributed by atoms with Crippen molar-refractivity contribution in [3.63, 3.8) is 0 Å². The first-order valence-electron chi connectivity index (χ1n) is 14.6. The number of nitrogens with zero attached hydrogens (tertiary/aromatic N) is 2. The first-order chi connectivity index (χ1) is 20.1. The van der Waals surface area contributed by atoms with Gasteiger partial charge in [0.1, 0.15) is 12.1 Å². The Bertz CT molecular complexity index is 1350. The predicted molar refractivity (Wildman–Crippen MR) is 165 cm³/mol. The van der Waals surface area contributed by atoms with Crippen LogP contribution in [0.1, 0.15) is 68.6 Å². The van der Waals surface area contributed by atoms with Crippen molar-refractivity contribution in [3.8, 4) is 0 Å². The lowest BCUT2D eigenvalue weighted by Crippen LogP contribution is -2.59. The van der Waals surface area contributed by atoms with Crippen molar-refractivity contribution in [1.82, 2.24) is 25.8 Å². The molecule has 2 aromatic rings. The summed E-state index contributed by atoms with van der Waals surface area (Å²) in [5, 5.41) is 8.02. The largest absolute Gasteiger partial charge is 0.345 e. The standard InChI is InChI=1S/C33H45N5O5/c1-20(2)26(27(39)30(41)34-17-22-13-15-23(16-14-22)18-37(7)8)36-29(40)21(3)35-31(42)28(33(4,5)6)38-19-24-11-9-10-12-25(24)32(38)43/h9-16,20-21,26,28H,17-19H2,1-8H3,(H,34,41)(H,35,42)(H,36,40)/t21-,26-,28+/m0/s1. The van der Waals surface area contributed by atoms with Crippen LogP contribution in [0.25, 0.3) is 0 Å². The van der Waals surface area contributed by atoms with Gasteiger partial charge in [-0.2, -0.15) is 0 Å². The number of hydrogen-bond acceptors (Lipinski definition) is 6. The van der Waals surface area contributed by atoms with E-state index in [-0.39, 0.29) is 18.4 Å². The number of carbonyl (C=O) groups is 5. The Morgan fingerprint density at radius 1 is 0.884 bits per heavy atom. The SMILES string of the molecule is CC(C)[C@H](NC(=O)[C@H](C)NC(=O)[C@@H](N1Cc2ccccc2C1=O)C(C)(C)C)C(=O)C(=O)NCc1ccc(CN(C)C)cc1. The Balaban J connectivity index is 1.61. The number of amides is 4. The molecule has 0 saturated carbocycles. The fourth-order valence-electron chi connectivity index (χ4n) is 5.20. The summed E-state index contributed by atoms with van der Waals surface area (Å²) in [4.78, 5) is 69.2. The summed E-state index contributed by atoms with van der Waals surface area (Å²) >= 11 is 0. The van der Waals surface area contributed by atoms with Gasteiger partial charge < -0.3 is 25.8 Å². The lowest BCUT2D eigenvalue weighted by Gasteiger charge is -2.37. The maximum Gasteiger partial charge on any atom is 0.289 e. The van der Waals surface area contributed by atoms with E-state index in [2.05, 4.69) is 20.9 Å². The summed E-state index contributed by atoms with van der Waals surface area (Å²) in [5.41, 5.74) is 2.76. The van der Waals surface area contributed by atoms with Crippen LogP contribution in [0.15, 0.2) is 48.5 Å². The molecule has 0 spiro atoms. The van der Waals surface area contributed by atoms with E-state index in [1.54, 1.807) is 26.0 Å². The molecule has 2 aromatic carbocycles. The Hall–Kier alpha value is -4.05. The number of ketones is 1. The van der Waals surface area contributed by atoms with Crippen LogP contribution in [0.5, 0.6) is 0 Å². The van der Waals surface area contributed by atoms with Crippen molar-refractivity contribution in [3.05, 3.63) is 70.8 Å². The van der Waals surface area contributed by atoms with Gasteiger partial charge in [0.05, 0.1) is 6.04 Å². The van der Waals surface area contributed by atoms with Crippen LogP contribution in [0, 0.1) is 11.3 Å². The van der Waals surface area contributed by atoms with Crippen LogP contribution in [-0.4, -0.2) is 71.4 Å². The highest BCUT2D eigenvalue weighted by Crippen LogP contribution is 2.32. The number of benzene rings is 2. The molecular weight excluding hydrogens is 546 g/mol. The van der Waals surface area contributed by atoms with Gasteiger partial charge in [0.2, 0.25) is 17.6 Å². The van der Waals surface area contributed by atoms with Crippen LogP contribution in [-0.2, 0) is 38.8 Å². The summed E-state index contributed by atoms with van der Waals surface area (Å²) in [6.45, 7) is 11.8. The molecular formula is C33H45N5O5. The molecule has 0 aliphatic carbocycles. The van der Waals surface area contributed by atoms with Crippen molar-refractivity contribution in [1.29, 1.82) is 0 Å². The van der Waals surface area contributed by atoms with E-state index in [4.69, 9.17) is 0 Å². The molecule has 1 aliphatic rings. The molecule has 3 rings (SSSR count). The van der Waals surface area contributed by atoms with Gasteiger partial charge >= 0.3 is 0 Å². The van der Waals surface area contributed by atoms with Crippen LogP contribution in [0.2, 0.25) is 0 Å². The molecule has 3 atom stereocenters. The predicted octanol–water partition coefficient (Wildman–Crippen LogP) is 2.65. The van der Waals surface area contributed by atoms with Gasteiger partial charge in [0, 0.05) is 25.2 Å². The van der Waals surface area contributed by atoms with E-state index >= 15 is 0 Å². The maximum absolute atomic E-state index is 13.5. The Kier molecular flexibility index (Phi) is 10.9. The molecule has 4 amide bonds. The third-order valence-electron chi connectivity index (χ3n) is 7.43. The van der Waals surface area contributed by atoms with Gasteiger partial charge in [-0.3, -0.25) is 24.0 Å². The minimum atomic E-state index is -1.08. The molecule has 10 heteroatoms. The number of fused-ring (bicyclic) bond motifs is 1. The van der Waals surface area contributed by atoms with Crippen molar-refractivity contribution in [2.45, 2.75) is 79.3 Å². The number of carbonyl (C=O) groups excluding carboxylic acids is 5. The molecule has 0 bridgehead atoms. The van der Waals surface area contributed by atoms with Gasteiger partial charge in [0.25, 0.3) is 11.8 Å². The van der Waals surface area contributed by atoms with Gasteiger partial charge in [0.15, 0.2) is 0 Å². The second kappa shape index (κ2) is 13.9. The Morgan fingerprint density at radius 3 is 2.05 bits per heavy atom. The zero-order valence-electron chi connectivity index (χ0n) is 26.5. The molecule has 0 aromatic heterocycles. The normalized spacial score (nSPS) is 15.1. The van der Waals surface area contributed by atoms with Crippen LogP contribution in [0.4, 0.5) is 0 Å². The highest BCUT2D eigenvalue weighted by molar-refractivity contribution is 6.38. The minimum absolute atomic E-state index is 0.172. The Labute approximate surface area is 254 Å². The van der Waals surface area contributed by atoms with E-state index in [1.807, 2.05) is 71.3 Å². The summed E-state index contributed by atoms with van der Waals surface area (Å²) in [6, 6.07) is 12.0. The molecule has 0 radical (unpaired) electrons. The van der Waals surface area contributed by atoms with Crippen LogP contribution < -0.4 is 16.0 Å². The highest BCUT2D eigenvalue weighted by atomic mass is 16.2. The lowest BCUT2D eigenvalue weighted by molar-refractivity contribution is -0.141. The number of Topliss-reactive ketones (excluding diaryl/α,β-unsaturated/α-hetero) is 1. The molecule has 232 valence electrons. The topological polar surface area (TPSA) is 128 Å². The summed E-state index contributed by atoms with van der Waals surface area (Å²) in [7, 11) is 3.97. The smallest absolute Gasteiger partial charge is 0.289 e. The van der Waals surface area contributed by atoms with Crippen molar-refractivity contribution >= 4 is 29.4 Å². The fraction of sp³-hybridized carbons (Fsp3) is 0.485. The third kappa shape index (κ3) is 8.50. The summed E-state index contributed by atoms with van der Waals surface area (Å²) in [6.07, 6.45) is 0. The van der Waals surface area contributed by atoms with Gasteiger partial charge in [-0.05, 0) is 55.1 Å². The molecule has 0 fully saturated rings. The van der Waals surface area contributed by atoms with E-state index in [0.717, 1.165) is 23.2 Å². The average Bonchev–Trinajstić information content (AvgIpc) is 3.24. The summed E-state index contributed by atoms with van der Waals surface area (Å²) in [5.74, 6) is -3.25. The Morgan fingerprint density at radius 2 is 1.49 bits per heavy atom. The zero-order chi connectivity index (χ0) is 32.1. The highest BCUT2D eigenvalue weighted by Gasteiger charge is 2.43. The monoisotopic (exact) mass is 591 g/mol. The van der Waals surface area contributed by atoms with Crippen molar-refractivity contribution in [2.24, 2.45) is 11.3 Å². The van der Waals surface area contributed by atoms with Crippen molar-refractivity contribution < 1.29 is 24.0 Å². The second-order valence-electron chi connectivity index (χ2n) is 12.9. The molecule has 1 heterocycles. The molecule has 43 heavy (non-hydrogen) atoms. The molecule has 3 N–H and O–H groups in total. The molecule has 1 aliphatic heterocycles. The third-order valence-corrected chi connectivity index (χ3v) is 7.43. The number of rotatable bonds is 12. The molecule has 0 unspecified atom stereocenters. The van der Waals surface area contributed by atoms with Gasteiger partial charge in [-0.15, -0.1) is 0 Å². The number of hydrogen-bond donors (Lipinski definition) is 3. The first-order valence-corrected chi connectivity index (χ1v) is 14.6. The van der Waals surface area contributed by atoms with E-state index in [9.17, 15) is 24.0 Å². The van der Waals surface area contributed by atoms with Crippen LogP contribution >= 0.6 is 0 Å². The van der Waals surface area contributed by atoms with Crippen molar-refractivity contribution in [2.75, 3.05) is 14.1 Å². The summed E-state index contributed by atoms with van der Waals surface area (Å²) < 4.78 is 0. The lowest BCUT2D eigenvalue weighted by atomic mass is 9.84. The van der Waals surface area contributed by atoms with Gasteiger partial charge in [-0.1, -0.05) is 77.1 Å². The van der Waals surface area contributed by atoms with E-state index in [1.165, 1.54) is 11.8 Å². The molecule has 10 nitrogen and oxygen atoms in total. The first kappa shape index (κ1) is 33.5. The zero-order valence-corrected chi connectivity index (χ0v) is 26.5. The molecule has 0 saturated heterocycles. The average molecular weight is 592 g/mol.